The Morgan fingerprint density at radius 1 is 1.50 bits per heavy atom. The van der Waals surface area contributed by atoms with Crippen LogP contribution < -0.4 is 0 Å². The van der Waals surface area contributed by atoms with E-state index >= 15 is 0 Å². The summed E-state index contributed by atoms with van der Waals surface area (Å²) >= 11 is 0. The third-order valence-corrected chi connectivity index (χ3v) is 1.58. The minimum atomic E-state index is -0.684. The van der Waals surface area contributed by atoms with Crippen molar-refractivity contribution in [2.45, 2.75) is 18.9 Å². The molecule has 1 atom stereocenters. The van der Waals surface area contributed by atoms with Gasteiger partial charge < -0.3 is 10.2 Å². The Morgan fingerprint density at radius 2 is 2.30 bits per heavy atom. The van der Waals surface area contributed by atoms with E-state index in [1.165, 1.54) is 0 Å². The number of hydrogen-bond donors (Lipinski definition) is 2. The van der Waals surface area contributed by atoms with Crippen LogP contribution in [0.15, 0.2) is 23.8 Å². The van der Waals surface area contributed by atoms with Gasteiger partial charge in [-0.1, -0.05) is 18.2 Å². The van der Waals surface area contributed by atoms with Crippen LogP contribution in [0.2, 0.25) is 0 Å². The van der Waals surface area contributed by atoms with E-state index in [2.05, 4.69) is 0 Å². The van der Waals surface area contributed by atoms with Gasteiger partial charge in [0.2, 0.25) is 0 Å². The van der Waals surface area contributed by atoms with Gasteiger partial charge in [-0.2, -0.15) is 0 Å². The molecule has 1 rings (SSSR count). The molecule has 0 aromatic heterocycles. The summed E-state index contributed by atoms with van der Waals surface area (Å²) in [6, 6.07) is 0. The monoisotopic (exact) mass is 140 g/mol. The van der Waals surface area contributed by atoms with Crippen LogP contribution in [0.4, 0.5) is 0 Å². The molecular weight excluding hydrogens is 128 g/mol. The van der Waals surface area contributed by atoms with Crippen LogP contribution >= 0.6 is 0 Å². The molecule has 56 valence electrons. The Bertz CT molecular complexity index is 159. The summed E-state index contributed by atoms with van der Waals surface area (Å²) in [5, 5.41) is 17.7. The summed E-state index contributed by atoms with van der Waals surface area (Å²) in [6.07, 6.45) is 7.17. The van der Waals surface area contributed by atoms with Crippen molar-refractivity contribution in [1.82, 2.24) is 0 Å². The summed E-state index contributed by atoms with van der Waals surface area (Å²) in [7, 11) is 0. The van der Waals surface area contributed by atoms with Crippen molar-refractivity contribution >= 4 is 0 Å². The van der Waals surface area contributed by atoms with Crippen LogP contribution in [0.25, 0.3) is 0 Å². The zero-order valence-electron chi connectivity index (χ0n) is 5.83. The summed E-state index contributed by atoms with van der Waals surface area (Å²) in [5.74, 6) is 0. The van der Waals surface area contributed by atoms with Gasteiger partial charge in [-0.3, -0.25) is 0 Å². The van der Waals surface area contributed by atoms with E-state index in [0.717, 1.165) is 18.4 Å². The Morgan fingerprint density at radius 3 is 2.80 bits per heavy atom. The molecule has 2 N–H and O–H groups in total. The number of hydrogen-bond acceptors (Lipinski definition) is 2. The van der Waals surface area contributed by atoms with Gasteiger partial charge in [-0.15, -0.1) is 0 Å². The largest absolute Gasteiger partial charge is 0.393 e. The molecule has 1 aliphatic rings. The normalized spacial score (nSPS) is 20.4. The minimum absolute atomic E-state index is 0.184. The van der Waals surface area contributed by atoms with Gasteiger partial charge in [-0.05, 0) is 18.4 Å². The molecule has 0 amide bonds. The van der Waals surface area contributed by atoms with E-state index in [4.69, 9.17) is 10.2 Å². The van der Waals surface area contributed by atoms with Crippen LogP contribution in [0.1, 0.15) is 12.8 Å². The Kier molecular flexibility index (Phi) is 2.66. The van der Waals surface area contributed by atoms with Gasteiger partial charge in [0.1, 0.15) is 6.10 Å². The molecule has 2 nitrogen and oxygen atoms in total. The molecule has 0 radical (unpaired) electrons. The summed E-state index contributed by atoms with van der Waals surface area (Å²) < 4.78 is 0. The quantitative estimate of drug-likeness (QED) is 0.590. The van der Waals surface area contributed by atoms with Crippen molar-refractivity contribution in [1.29, 1.82) is 0 Å². The lowest BCUT2D eigenvalue weighted by Crippen LogP contribution is -2.14. The topological polar surface area (TPSA) is 40.5 Å². The predicted molar refractivity (Wildman–Crippen MR) is 39.5 cm³/mol. The smallest absolute Gasteiger partial charge is 0.102 e. The van der Waals surface area contributed by atoms with Crippen molar-refractivity contribution in [3.8, 4) is 0 Å². The van der Waals surface area contributed by atoms with Crippen molar-refractivity contribution in [2.75, 3.05) is 6.61 Å². The molecule has 0 spiro atoms. The highest BCUT2D eigenvalue weighted by Crippen LogP contribution is 2.12. The number of aliphatic hydroxyl groups excluding tert-OH is 2. The summed E-state index contributed by atoms with van der Waals surface area (Å²) in [5.41, 5.74) is 0.841. The fourth-order valence-electron chi connectivity index (χ4n) is 0.986. The van der Waals surface area contributed by atoms with E-state index in [-0.39, 0.29) is 6.61 Å². The molecule has 0 aliphatic heterocycles. The zero-order valence-corrected chi connectivity index (χ0v) is 5.83. The second-order valence-corrected chi connectivity index (χ2v) is 2.38. The van der Waals surface area contributed by atoms with E-state index in [0.29, 0.717) is 0 Å². The molecule has 2 heteroatoms. The molecule has 0 bridgehead atoms. The van der Waals surface area contributed by atoms with Gasteiger partial charge in [0.15, 0.2) is 0 Å². The lowest BCUT2D eigenvalue weighted by atomic mass is 10.0. The van der Waals surface area contributed by atoms with Crippen LogP contribution in [-0.4, -0.2) is 22.9 Å². The lowest BCUT2D eigenvalue weighted by molar-refractivity contribution is 0.124. The standard InChI is InChI=1S/C8H12O2/c9-6-8(10)7-4-2-1-3-5-7/h2,4-5,8-10H,1,3,6H2. The van der Waals surface area contributed by atoms with Crippen LogP contribution in [-0.2, 0) is 0 Å². The van der Waals surface area contributed by atoms with E-state index < -0.39 is 6.10 Å². The molecule has 0 aromatic rings. The molecule has 0 aromatic carbocycles. The predicted octanol–water partition coefficient (Wildman–Crippen LogP) is 0.616. The molecule has 0 heterocycles. The highest BCUT2D eigenvalue weighted by atomic mass is 16.3. The van der Waals surface area contributed by atoms with Gasteiger partial charge in [0.25, 0.3) is 0 Å². The molecule has 1 aliphatic carbocycles. The van der Waals surface area contributed by atoms with Gasteiger partial charge in [-0.25, -0.2) is 0 Å². The molecular formula is C8H12O2. The number of rotatable bonds is 2. The average molecular weight is 140 g/mol. The Labute approximate surface area is 60.5 Å². The Balaban J connectivity index is 2.54. The number of aliphatic hydroxyl groups is 2. The van der Waals surface area contributed by atoms with Crippen LogP contribution in [0.3, 0.4) is 0 Å². The third kappa shape index (κ3) is 1.69. The second-order valence-electron chi connectivity index (χ2n) is 2.38. The molecule has 0 fully saturated rings. The molecule has 0 saturated carbocycles. The Hall–Kier alpha value is -0.600. The highest BCUT2D eigenvalue weighted by molar-refractivity contribution is 5.25. The van der Waals surface area contributed by atoms with Gasteiger partial charge >= 0.3 is 0 Å². The lowest BCUT2D eigenvalue weighted by Gasteiger charge is -2.10. The maximum absolute atomic E-state index is 9.11. The number of allylic oxidation sites excluding steroid dienone is 2. The van der Waals surface area contributed by atoms with Crippen LogP contribution in [0, 0.1) is 0 Å². The SMILES string of the molecule is OCC(O)C1=CCCC=C1. The first kappa shape index (κ1) is 7.51. The maximum atomic E-state index is 9.11. The van der Waals surface area contributed by atoms with Crippen molar-refractivity contribution in [3.05, 3.63) is 23.8 Å². The van der Waals surface area contributed by atoms with E-state index in [1.807, 2.05) is 18.2 Å². The van der Waals surface area contributed by atoms with Gasteiger partial charge in [0.05, 0.1) is 6.61 Å². The molecule has 0 saturated heterocycles. The minimum Gasteiger partial charge on any atom is -0.393 e. The van der Waals surface area contributed by atoms with Crippen molar-refractivity contribution < 1.29 is 10.2 Å². The summed E-state index contributed by atoms with van der Waals surface area (Å²) in [6.45, 7) is -0.184. The van der Waals surface area contributed by atoms with Gasteiger partial charge in [0, 0.05) is 0 Å². The maximum Gasteiger partial charge on any atom is 0.102 e. The second kappa shape index (κ2) is 3.54. The first-order valence-electron chi connectivity index (χ1n) is 3.50. The first-order valence-corrected chi connectivity index (χ1v) is 3.50. The average Bonchev–Trinajstić information content (AvgIpc) is 2.05. The fraction of sp³-hybridized carbons (Fsp3) is 0.500. The van der Waals surface area contributed by atoms with Crippen molar-refractivity contribution in [3.63, 3.8) is 0 Å². The van der Waals surface area contributed by atoms with E-state index in [1.54, 1.807) is 0 Å². The third-order valence-electron chi connectivity index (χ3n) is 1.58. The first-order chi connectivity index (χ1) is 4.84. The fourth-order valence-corrected chi connectivity index (χ4v) is 0.986. The molecule has 1 unspecified atom stereocenters. The van der Waals surface area contributed by atoms with Crippen molar-refractivity contribution in [2.24, 2.45) is 0 Å². The van der Waals surface area contributed by atoms with E-state index in [9.17, 15) is 0 Å². The zero-order chi connectivity index (χ0) is 7.40. The highest BCUT2D eigenvalue weighted by Gasteiger charge is 2.06. The summed E-state index contributed by atoms with van der Waals surface area (Å²) in [4.78, 5) is 0. The molecule has 10 heavy (non-hydrogen) atoms. The van der Waals surface area contributed by atoms with Crippen LogP contribution in [0.5, 0.6) is 0 Å².